The van der Waals surface area contributed by atoms with Crippen molar-refractivity contribution in [3.8, 4) is 0 Å². The molecule has 20 heavy (non-hydrogen) atoms. The zero-order chi connectivity index (χ0) is 14.5. The Morgan fingerprint density at radius 2 is 2.20 bits per heavy atom. The molecular formula is C15H22N2O2S. The summed E-state index contributed by atoms with van der Waals surface area (Å²) in [4.78, 5) is 18.3. The van der Waals surface area contributed by atoms with Crippen LogP contribution < -0.4 is 0 Å². The smallest absolute Gasteiger partial charge is 0.246 e. The molecule has 1 heterocycles. The number of aromatic nitrogens is 1. The van der Waals surface area contributed by atoms with Crippen LogP contribution in [0.1, 0.15) is 36.4 Å². The highest BCUT2D eigenvalue weighted by atomic mass is 32.1. The van der Waals surface area contributed by atoms with Crippen LogP contribution >= 0.6 is 11.3 Å². The van der Waals surface area contributed by atoms with Crippen LogP contribution in [0.5, 0.6) is 0 Å². The molecule has 4 nitrogen and oxygen atoms in total. The van der Waals surface area contributed by atoms with Gasteiger partial charge in [0.15, 0.2) is 0 Å². The Morgan fingerprint density at radius 1 is 1.50 bits per heavy atom. The van der Waals surface area contributed by atoms with Gasteiger partial charge >= 0.3 is 0 Å². The molecule has 0 aromatic carbocycles. The lowest BCUT2D eigenvalue weighted by molar-refractivity contribution is -0.127. The lowest BCUT2D eigenvalue weighted by Gasteiger charge is -2.33. The predicted molar refractivity (Wildman–Crippen MR) is 81.5 cm³/mol. The molecule has 0 unspecified atom stereocenters. The van der Waals surface area contributed by atoms with Gasteiger partial charge in [-0.1, -0.05) is 0 Å². The molecule has 0 aliphatic heterocycles. The van der Waals surface area contributed by atoms with Gasteiger partial charge in [-0.25, -0.2) is 4.98 Å². The number of nitrogens with zero attached hydrogens (tertiary/aromatic N) is 2. The van der Waals surface area contributed by atoms with Crippen molar-refractivity contribution in [3.63, 3.8) is 0 Å². The topological polar surface area (TPSA) is 53.4 Å². The lowest BCUT2D eigenvalue weighted by atomic mass is 9.86. The summed E-state index contributed by atoms with van der Waals surface area (Å²) in [6, 6.07) is 0.298. The summed E-state index contributed by atoms with van der Waals surface area (Å²) in [7, 11) is 1.86. The van der Waals surface area contributed by atoms with Gasteiger partial charge in [-0.05, 0) is 44.6 Å². The average Bonchev–Trinajstić information content (AvgIpc) is 2.89. The van der Waals surface area contributed by atoms with Crippen LogP contribution in [-0.2, 0) is 4.79 Å². The van der Waals surface area contributed by atoms with Crippen LogP contribution in [0.25, 0.3) is 6.08 Å². The van der Waals surface area contributed by atoms with Gasteiger partial charge in [0.25, 0.3) is 0 Å². The summed E-state index contributed by atoms with van der Waals surface area (Å²) in [6.45, 7) is 2.23. The van der Waals surface area contributed by atoms with Crippen molar-refractivity contribution >= 4 is 23.3 Å². The summed E-state index contributed by atoms with van der Waals surface area (Å²) < 4.78 is 0. The Bertz CT molecular complexity index is 476. The highest BCUT2D eigenvalue weighted by molar-refractivity contribution is 7.09. The minimum atomic E-state index is 0.0306. The summed E-state index contributed by atoms with van der Waals surface area (Å²) in [5.74, 6) is 0.450. The second-order valence-corrected chi connectivity index (χ2v) is 6.49. The van der Waals surface area contributed by atoms with Crippen LogP contribution in [0.15, 0.2) is 11.5 Å². The quantitative estimate of drug-likeness (QED) is 0.868. The predicted octanol–water partition coefficient (Wildman–Crippen LogP) is 2.47. The molecule has 1 N–H and O–H groups in total. The Hall–Kier alpha value is -1.20. The molecule has 0 bridgehead atoms. The molecule has 110 valence electrons. The summed E-state index contributed by atoms with van der Waals surface area (Å²) in [6.07, 6.45) is 7.37. The number of hydrogen-bond acceptors (Lipinski definition) is 4. The molecule has 2 rings (SSSR count). The molecule has 1 aliphatic rings. The molecule has 1 amide bonds. The lowest BCUT2D eigenvalue weighted by Crippen LogP contribution is -2.39. The molecular weight excluding hydrogens is 272 g/mol. The van der Waals surface area contributed by atoms with Crippen molar-refractivity contribution in [1.82, 2.24) is 9.88 Å². The molecule has 1 fully saturated rings. The van der Waals surface area contributed by atoms with Gasteiger partial charge < -0.3 is 10.0 Å². The van der Waals surface area contributed by atoms with E-state index in [1.165, 1.54) is 0 Å². The fraction of sp³-hybridized carbons (Fsp3) is 0.600. The number of carbonyl (C=O) groups is 1. The molecule has 5 heteroatoms. The zero-order valence-corrected chi connectivity index (χ0v) is 12.9. The Kier molecular flexibility index (Phi) is 5.31. The van der Waals surface area contributed by atoms with Crippen molar-refractivity contribution in [2.45, 2.75) is 38.6 Å². The van der Waals surface area contributed by atoms with Crippen molar-refractivity contribution in [1.29, 1.82) is 0 Å². The third-order valence-electron chi connectivity index (χ3n) is 4.00. The molecule has 1 aromatic rings. The Labute approximate surface area is 124 Å². The number of hydrogen-bond donors (Lipinski definition) is 1. The van der Waals surface area contributed by atoms with Crippen molar-refractivity contribution in [2.24, 2.45) is 5.92 Å². The number of rotatable bonds is 4. The largest absolute Gasteiger partial charge is 0.396 e. The van der Waals surface area contributed by atoms with Gasteiger partial charge in [-0.3, -0.25) is 4.79 Å². The number of aliphatic hydroxyl groups excluding tert-OH is 1. The van der Waals surface area contributed by atoms with Crippen LogP contribution in [-0.4, -0.2) is 40.6 Å². The zero-order valence-electron chi connectivity index (χ0n) is 12.1. The number of likely N-dealkylation sites (N-methyl/N-ethyl adjacent to an activating group) is 1. The van der Waals surface area contributed by atoms with Crippen LogP contribution in [0.2, 0.25) is 0 Å². The minimum Gasteiger partial charge on any atom is -0.396 e. The second kappa shape index (κ2) is 6.99. The molecule has 1 aromatic heterocycles. The summed E-state index contributed by atoms with van der Waals surface area (Å²) in [5, 5.41) is 12.1. The molecule has 1 saturated carbocycles. The van der Waals surface area contributed by atoms with E-state index in [-0.39, 0.29) is 12.5 Å². The van der Waals surface area contributed by atoms with Gasteiger partial charge in [0, 0.05) is 31.2 Å². The molecule has 0 radical (unpaired) electrons. The third kappa shape index (κ3) is 3.90. The van der Waals surface area contributed by atoms with Crippen LogP contribution in [0.4, 0.5) is 0 Å². The van der Waals surface area contributed by atoms with Gasteiger partial charge in [0.1, 0.15) is 0 Å². The van der Waals surface area contributed by atoms with Crippen molar-refractivity contribution in [2.75, 3.05) is 13.7 Å². The molecule has 0 saturated heterocycles. The summed E-state index contributed by atoms with van der Waals surface area (Å²) >= 11 is 1.58. The molecule has 1 aliphatic carbocycles. The average molecular weight is 294 g/mol. The molecule has 0 atom stereocenters. The highest BCUT2D eigenvalue weighted by Crippen LogP contribution is 2.26. The Balaban J connectivity index is 1.87. The summed E-state index contributed by atoms with van der Waals surface area (Å²) in [5.41, 5.74) is 0.846. The standard InChI is InChI=1S/C15H22N2O2S/c1-11-16-13(10-20-11)5-8-15(19)17(2)14-6-3-12(9-18)4-7-14/h5,8,10,12,14,18H,3-4,6-7,9H2,1-2H3/b8-5+. The third-order valence-corrected chi connectivity index (χ3v) is 4.80. The maximum atomic E-state index is 12.1. The monoisotopic (exact) mass is 294 g/mol. The first kappa shape index (κ1) is 15.2. The Morgan fingerprint density at radius 3 is 2.75 bits per heavy atom. The maximum absolute atomic E-state index is 12.1. The maximum Gasteiger partial charge on any atom is 0.246 e. The van der Waals surface area contributed by atoms with E-state index >= 15 is 0 Å². The number of aliphatic hydroxyl groups is 1. The first-order valence-electron chi connectivity index (χ1n) is 7.08. The highest BCUT2D eigenvalue weighted by Gasteiger charge is 2.25. The SMILES string of the molecule is Cc1nc(/C=C/C(=O)N(C)C2CCC(CO)CC2)cs1. The van der Waals surface area contributed by atoms with Crippen molar-refractivity contribution < 1.29 is 9.90 Å². The minimum absolute atomic E-state index is 0.0306. The normalized spacial score (nSPS) is 23.1. The van der Waals surface area contributed by atoms with Crippen molar-refractivity contribution in [3.05, 3.63) is 22.2 Å². The number of amides is 1. The molecule has 0 spiro atoms. The number of thiazole rings is 1. The fourth-order valence-corrected chi connectivity index (χ4v) is 3.21. The van der Waals surface area contributed by atoms with Gasteiger partial charge in [-0.2, -0.15) is 0 Å². The van der Waals surface area contributed by atoms with E-state index in [9.17, 15) is 4.79 Å². The van der Waals surface area contributed by atoms with E-state index in [4.69, 9.17) is 5.11 Å². The van der Waals surface area contributed by atoms with E-state index in [1.807, 2.05) is 24.3 Å². The number of aryl methyl sites for hydroxylation is 1. The van der Waals surface area contributed by atoms with Crippen LogP contribution in [0, 0.1) is 12.8 Å². The van der Waals surface area contributed by atoms with Gasteiger partial charge in [-0.15, -0.1) is 11.3 Å². The first-order valence-corrected chi connectivity index (χ1v) is 7.96. The van der Waals surface area contributed by atoms with E-state index < -0.39 is 0 Å². The fourth-order valence-electron chi connectivity index (χ4n) is 2.63. The van der Waals surface area contributed by atoms with E-state index in [0.717, 1.165) is 36.4 Å². The van der Waals surface area contributed by atoms with Gasteiger partial charge in [0.05, 0.1) is 10.7 Å². The van der Waals surface area contributed by atoms with E-state index in [0.29, 0.717) is 12.0 Å². The van der Waals surface area contributed by atoms with Crippen LogP contribution in [0.3, 0.4) is 0 Å². The van der Waals surface area contributed by atoms with Gasteiger partial charge in [0.2, 0.25) is 5.91 Å². The van der Waals surface area contributed by atoms with E-state index in [2.05, 4.69) is 4.98 Å². The second-order valence-electron chi connectivity index (χ2n) is 5.43. The number of carbonyl (C=O) groups excluding carboxylic acids is 1. The first-order chi connectivity index (χ1) is 9.60. The van der Waals surface area contributed by atoms with E-state index in [1.54, 1.807) is 23.5 Å².